The van der Waals surface area contributed by atoms with E-state index in [1.165, 1.54) is 6.21 Å². The quantitative estimate of drug-likeness (QED) is 0.516. The Labute approximate surface area is 72.1 Å². The highest BCUT2D eigenvalue weighted by Gasteiger charge is 2.05. The van der Waals surface area contributed by atoms with Crippen molar-refractivity contribution in [1.29, 1.82) is 0 Å². The molecule has 0 rings (SSSR count). The molecule has 0 aromatic carbocycles. The lowest BCUT2D eigenvalue weighted by Gasteiger charge is -1.96. The van der Waals surface area contributed by atoms with Gasteiger partial charge in [-0.3, -0.25) is 0 Å². The molecule has 0 saturated carbocycles. The highest BCUT2D eigenvalue weighted by Crippen LogP contribution is 2.04. The second-order valence-corrected chi connectivity index (χ2v) is 2.76. The Hall–Kier alpha value is -1.38. The smallest absolute Gasteiger partial charge is 0.354 e. The molecule has 3 nitrogen and oxygen atoms in total. The van der Waals surface area contributed by atoms with E-state index in [0.717, 1.165) is 5.57 Å². The number of rotatable bonds is 3. The van der Waals surface area contributed by atoms with E-state index >= 15 is 0 Å². The molecule has 0 aromatic rings. The van der Waals surface area contributed by atoms with Gasteiger partial charge in [-0.15, -0.1) is 0 Å². The number of allylic oxidation sites excluding steroid dienone is 2. The third-order valence-corrected chi connectivity index (χ3v) is 1.09. The van der Waals surface area contributed by atoms with E-state index in [0.29, 0.717) is 5.57 Å². The second-order valence-electron chi connectivity index (χ2n) is 2.76. The van der Waals surface area contributed by atoms with Crippen LogP contribution in [0.25, 0.3) is 0 Å². The molecule has 0 aliphatic carbocycles. The van der Waals surface area contributed by atoms with Crippen molar-refractivity contribution in [3.05, 3.63) is 23.4 Å². The van der Waals surface area contributed by atoms with Crippen LogP contribution < -0.4 is 0 Å². The molecule has 0 radical (unpaired) electrons. The zero-order valence-corrected chi connectivity index (χ0v) is 7.59. The number of aliphatic imine (C=N–C) groups is 1. The molecule has 0 aliphatic rings. The molecule has 0 heterocycles. The summed E-state index contributed by atoms with van der Waals surface area (Å²) in [4.78, 5) is 14.3. The highest BCUT2D eigenvalue weighted by molar-refractivity contribution is 5.90. The Kier molecular flexibility index (Phi) is 3.97. The summed E-state index contributed by atoms with van der Waals surface area (Å²) in [6.07, 6.45) is 1.44. The zero-order valence-electron chi connectivity index (χ0n) is 7.59. The first-order chi connectivity index (χ1) is 5.45. The molecular formula is C9H13NO2. The predicted octanol–water partition coefficient (Wildman–Crippen LogP) is 2.01. The number of carbonyl (C=O) groups is 1. The van der Waals surface area contributed by atoms with Crippen LogP contribution in [0.15, 0.2) is 28.4 Å². The van der Waals surface area contributed by atoms with Gasteiger partial charge in [0, 0.05) is 6.21 Å². The van der Waals surface area contributed by atoms with Gasteiger partial charge in [0.25, 0.3) is 0 Å². The number of hydrogen-bond acceptors (Lipinski definition) is 2. The molecule has 0 saturated heterocycles. The van der Waals surface area contributed by atoms with Crippen LogP contribution >= 0.6 is 0 Å². The summed E-state index contributed by atoms with van der Waals surface area (Å²) < 4.78 is 0. The van der Waals surface area contributed by atoms with Crippen molar-refractivity contribution >= 4 is 12.2 Å². The van der Waals surface area contributed by atoms with E-state index in [9.17, 15) is 4.79 Å². The number of carboxylic acid groups (broad SMARTS) is 1. The van der Waals surface area contributed by atoms with Gasteiger partial charge < -0.3 is 5.11 Å². The largest absolute Gasteiger partial charge is 0.477 e. The van der Waals surface area contributed by atoms with Crippen molar-refractivity contribution in [2.45, 2.75) is 20.8 Å². The lowest BCUT2D eigenvalue weighted by molar-refractivity contribution is -0.132. The first-order valence-corrected chi connectivity index (χ1v) is 3.55. The van der Waals surface area contributed by atoms with Crippen molar-refractivity contribution in [2.75, 3.05) is 0 Å². The minimum atomic E-state index is -1.01. The van der Waals surface area contributed by atoms with Crippen molar-refractivity contribution < 1.29 is 9.90 Å². The summed E-state index contributed by atoms with van der Waals surface area (Å²) in [6, 6.07) is 0. The lowest BCUT2D eigenvalue weighted by atomic mass is 10.2. The number of aliphatic carboxylic acids is 1. The predicted molar refractivity (Wildman–Crippen MR) is 49.3 cm³/mol. The van der Waals surface area contributed by atoms with Crippen LogP contribution in [0.2, 0.25) is 0 Å². The summed E-state index contributed by atoms with van der Waals surface area (Å²) >= 11 is 0. The molecule has 0 amide bonds. The van der Waals surface area contributed by atoms with Gasteiger partial charge >= 0.3 is 5.97 Å². The Bertz CT molecular complexity index is 258. The van der Waals surface area contributed by atoms with Crippen LogP contribution in [0.4, 0.5) is 0 Å². The van der Waals surface area contributed by atoms with Crippen LogP contribution in [-0.4, -0.2) is 17.3 Å². The summed E-state index contributed by atoms with van der Waals surface area (Å²) in [5, 5.41) is 8.66. The summed E-state index contributed by atoms with van der Waals surface area (Å²) in [6.45, 7) is 8.75. The van der Waals surface area contributed by atoms with Gasteiger partial charge in [0.1, 0.15) is 5.70 Å². The molecule has 66 valence electrons. The van der Waals surface area contributed by atoms with Gasteiger partial charge in [-0.25, -0.2) is 9.79 Å². The highest BCUT2D eigenvalue weighted by atomic mass is 16.4. The summed E-state index contributed by atoms with van der Waals surface area (Å²) in [5.41, 5.74) is 1.49. The van der Waals surface area contributed by atoms with E-state index in [1.54, 1.807) is 20.8 Å². The van der Waals surface area contributed by atoms with Crippen LogP contribution in [-0.2, 0) is 4.79 Å². The molecule has 0 aliphatic heterocycles. The fraction of sp³-hybridized carbons (Fsp3) is 0.333. The maximum absolute atomic E-state index is 10.6. The van der Waals surface area contributed by atoms with E-state index in [1.807, 2.05) is 0 Å². The standard InChI is InChI=1S/C9H13NO2/c1-6(2)5-10-8(7(3)4)9(11)12/h5H,1H2,2-4H3,(H,11,12). The molecule has 0 spiro atoms. The molecule has 3 heteroatoms. The average Bonchev–Trinajstić information content (AvgIpc) is 1.84. The van der Waals surface area contributed by atoms with E-state index in [2.05, 4.69) is 11.6 Å². The Morgan fingerprint density at radius 2 is 1.92 bits per heavy atom. The van der Waals surface area contributed by atoms with E-state index in [4.69, 9.17) is 5.11 Å². The SMILES string of the molecule is C=C(C)C=NC(C(=O)O)=C(C)C. The van der Waals surface area contributed by atoms with Gasteiger partial charge in [0.05, 0.1) is 0 Å². The number of nitrogens with zero attached hydrogens (tertiary/aromatic N) is 1. The van der Waals surface area contributed by atoms with E-state index in [-0.39, 0.29) is 5.70 Å². The molecule has 0 aromatic heterocycles. The van der Waals surface area contributed by atoms with Crippen molar-refractivity contribution in [3.8, 4) is 0 Å². The third-order valence-electron chi connectivity index (χ3n) is 1.09. The summed E-state index contributed by atoms with van der Waals surface area (Å²) in [5.74, 6) is -1.01. The van der Waals surface area contributed by atoms with E-state index < -0.39 is 5.97 Å². The fourth-order valence-corrected chi connectivity index (χ4v) is 0.573. The number of carboxylic acids is 1. The molecule has 12 heavy (non-hydrogen) atoms. The zero-order chi connectivity index (χ0) is 9.72. The minimum absolute atomic E-state index is 0.0815. The molecule has 0 fully saturated rings. The van der Waals surface area contributed by atoms with Crippen molar-refractivity contribution in [1.82, 2.24) is 0 Å². The Balaban J connectivity index is 4.70. The maximum Gasteiger partial charge on any atom is 0.354 e. The fourth-order valence-electron chi connectivity index (χ4n) is 0.573. The normalized spacial score (nSPS) is 9.92. The summed E-state index contributed by atoms with van der Waals surface area (Å²) in [7, 11) is 0. The maximum atomic E-state index is 10.6. The first-order valence-electron chi connectivity index (χ1n) is 3.55. The van der Waals surface area contributed by atoms with Crippen molar-refractivity contribution in [2.24, 2.45) is 4.99 Å². The Morgan fingerprint density at radius 1 is 1.42 bits per heavy atom. The Morgan fingerprint density at radius 3 is 2.17 bits per heavy atom. The minimum Gasteiger partial charge on any atom is -0.477 e. The third kappa shape index (κ3) is 3.71. The van der Waals surface area contributed by atoms with Crippen LogP contribution in [0, 0.1) is 0 Å². The second kappa shape index (κ2) is 4.49. The average molecular weight is 167 g/mol. The van der Waals surface area contributed by atoms with Gasteiger partial charge in [-0.1, -0.05) is 6.58 Å². The van der Waals surface area contributed by atoms with Gasteiger partial charge in [0.15, 0.2) is 0 Å². The van der Waals surface area contributed by atoms with Gasteiger partial charge in [-0.2, -0.15) is 0 Å². The van der Waals surface area contributed by atoms with Crippen LogP contribution in [0.1, 0.15) is 20.8 Å². The molecule has 0 atom stereocenters. The molecule has 0 unspecified atom stereocenters. The topological polar surface area (TPSA) is 49.7 Å². The van der Waals surface area contributed by atoms with Gasteiger partial charge in [-0.05, 0) is 31.9 Å². The van der Waals surface area contributed by atoms with Gasteiger partial charge in [0.2, 0.25) is 0 Å². The molecule has 0 bridgehead atoms. The monoisotopic (exact) mass is 167 g/mol. The van der Waals surface area contributed by atoms with Crippen LogP contribution in [0.3, 0.4) is 0 Å². The molecule has 1 N–H and O–H groups in total. The lowest BCUT2D eigenvalue weighted by Crippen LogP contribution is -2.00. The first kappa shape index (κ1) is 10.6. The van der Waals surface area contributed by atoms with Crippen LogP contribution in [0.5, 0.6) is 0 Å². The molecular weight excluding hydrogens is 154 g/mol. The van der Waals surface area contributed by atoms with Crippen molar-refractivity contribution in [3.63, 3.8) is 0 Å². The number of hydrogen-bond donors (Lipinski definition) is 1.